The Morgan fingerprint density at radius 2 is 1.33 bits per heavy atom. The van der Waals surface area contributed by atoms with Crippen molar-refractivity contribution in [2.24, 2.45) is 0 Å². The number of halogens is 3. The molecule has 2 aromatic carbocycles. The molecule has 0 fully saturated rings. The van der Waals surface area contributed by atoms with E-state index in [1.165, 1.54) is 12.1 Å². The van der Waals surface area contributed by atoms with E-state index in [-0.39, 0.29) is 6.61 Å². The lowest BCUT2D eigenvalue weighted by atomic mass is 10.1. The van der Waals surface area contributed by atoms with Crippen molar-refractivity contribution in [3.05, 3.63) is 59.7 Å². The second-order valence-corrected chi connectivity index (χ2v) is 4.39. The maximum Gasteiger partial charge on any atom is 0.416 e. The monoisotopic (exact) mass is 296 g/mol. The summed E-state index contributed by atoms with van der Waals surface area (Å²) in [5.41, 5.74) is 0.0178. The van der Waals surface area contributed by atoms with E-state index in [1.807, 2.05) is 6.92 Å². The van der Waals surface area contributed by atoms with E-state index < -0.39 is 11.7 Å². The van der Waals surface area contributed by atoms with E-state index >= 15 is 0 Å². The van der Waals surface area contributed by atoms with Gasteiger partial charge in [0.15, 0.2) is 0 Å². The fourth-order valence-electron chi connectivity index (χ4n) is 1.76. The van der Waals surface area contributed by atoms with Crippen molar-refractivity contribution in [1.29, 1.82) is 0 Å². The first-order chi connectivity index (χ1) is 9.99. The highest BCUT2D eigenvalue weighted by Crippen LogP contribution is 2.29. The summed E-state index contributed by atoms with van der Waals surface area (Å²) in [4.78, 5) is 0. The summed E-state index contributed by atoms with van der Waals surface area (Å²) in [5, 5.41) is 0. The minimum absolute atomic E-state index is 0.214. The lowest BCUT2D eigenvalue weighted by Gasteiger charge is -2.09. The first kappa shape index (κ1) is 15.2. The number of hydrogen-bond acceptors (Lipinski definition) is 2. The molecule has 0 bridgehead atoms. The van der Waals surface area contributed by atoms with Crippen LogP contribution >= 0.6 is 0 Å². The molecular formula is C16H15F3O2. The predicted molar refractivity (Wildman–Crippen MR) is 73.4 cm³/mol. The second-order valence-electron chi connectivity index (χ2n) is 4.39. The van der Waals surface area contributed by atoms with Gasteiger partial charge in [0.25, 0.3) is 0 Å². The Bertz CT molecular complexity index is 560. The van der Waals surface area contributed by atoms with Crippen molar-refractivity contribution < 1.29 is 22.6 Å². The zero-order valence-corrected chi connectivity index (χ0v) is 11.5. The average Bonchev–Trinajstić information content (AvgIpc) is 2.46. The molecule has 21 heavy (non-hydrogen) atoms. The van der Waals surface area contributed by atoms with E-state index in [2.05, 4.69) is 0 Å². The Morgan fingerprint density at radius 3 is 1.81 bits per heavy atom. The molecule has 2 rings (SSSR count). The lowest BCUT2D eigenvalue weighted by molar-refractivity contribution is -0.137. The van der Waals surface area contributed by atoms with Crippen molar-refractivity contribution in [1.82, 2.24) is 0 Å². The van der Waals surface area contributed by atoms with Gasteiger partial charge < -0.3 is 9.47 Å². The average molecular weight is 296 g/mol. The van der Waals surface area contributed by atoms with E-state index in [0.29, 0.717) is 17.9 Å². The number of benzene rings is 2. The van der Waals surface area contributed by atoms with Gasteiger partial charge in [0, 0.05) is 0 Å². The van der Waals surface area contributed by atoms with Crippen LogP contribution in [0.2, 0.25) is 0 Å². The molecule has 0 saturated heterocycles. The number of ether oxygens (including phenoxy) is 2. The molecule has 0 spiro atoms. The minimum atomic E-state index is -4.31. The van der Waals surface area contributed by atoms with Gasteiger partial charge in [0.1, 0.15) is 18.1 Å². The van der Waals surface area contributed by atoms with Crippen LogP contribution in [-0.4, -0.2) is 6.61 Å². The zero-order chi connectivity index (χ0) is 15.3. The Hall–Kier alpha value is -2.17. The number of alkyl halides is 3. The molecule has 0 atom stereocenters. The van der Waals surface area contributed by atoms with Crippen LogP contribution in [0.5, 0.6) is 11.5 Å². The van der Waals surface area contributed by atoms with Crippen LogP contribution in [0.25, 0.3) is 0 Å². The van der Waals surface area contributed by atoms with Crippen LogP contribution in [0, 0.1) is 0 Å². The first-order valence-electron chi connectivity index (χ1n) is 6.51. The summed E-state index contributed by atoms with van der Waals surface area (Å²) < 4.78 is 48.1. The van der Waals surface area contributed by atoms with Gasteiger partial charge in [0.05, 0.1) is 12.2 Å². The molecule has 0 saturated carbocycles. The molecule has 0 N–H and O–H groups in total. The van der Waals surface area contributed by atoms with Crippen LogP contribution in [0.3, 0.4) is 0 Å². The van der Waals surface area contributed by atoms with Crippen LogP contribution in [-0.2, 0) is 12.8 Å². The van der Waals surface area contributed by atoms with Gasteiger partial charge in [-0.3, -0.25) is 0 Å². The van der Waals surface area contributed by atoms with E-state index in [4.69, 9.17) is 9.47 Å². The second kappa shape index (κ2) is 6.52. The molecule has 0 aliphatic carbocycles. The molecular weight excluding hydrogens is 281 g/mol. The van der Waals surface area contributed by atoms with Crippen molar-refractivity contribution in [2.75, 3.05) is 6.61 Å². The summed E-state index contributed by atoms with van der Waals surface area (Å²) >= 11 is 0. The van der Waals surface area contributed by atoms with Gasteiger partial charge in [-0.25, -0.2) is 0 Å². The van der Waals surface area contributed by atoms with E-state index in [1.54, 1.807) is 24.3 Å². The third-order valence-electron chi connectivity index (χ3n) is 2.82. The quantitative estimate of drug-likeness (QED) is 0.797. The highest BCUT2D eigenvalue weighted by Gasteiger charge is 2.29. The summed E-state index contributed by atoms with van der Waals surface area (Å²) in [6, 6.07) is 12.0. The molecule has 2 aromatic rings. The first-order valence-corrected chi connectivity index (χ1v) is 6.51. The summed E-state index contributed by atoms with van der Waals surface area (Å²) in [7, 11) is 0. The maximum absolute atomic E-state index is 12.4. The predicted octanol–water partition coefficient (Wildman–Crippen LogP) is 4.68. The molecule has 0 aliphatic rings. The Kier molecular flexibility index (Phi) is 4.73. The van der Waals surface area contributed by atoms with Crippen molar-refractivity contribution >= 4 is 0 Å². The zero-order valence-electron chi connectivity index (χ0n) is 11.5. The molecule has 0 heterocycles. The van der Waals surface area contributed by atoms with Crippen molar-refractivity contribution in [3.63, 3.8) is 0 Å². The topological polar surface area (TPSA) is 18.5 Å². The van der Waals surface area contributed by atoms with Crippen LogP contribution in [0.15, 0.2) is 48.5 Å². The molecule has 0 aliphatic heterocycles. The molecule has 0 aromatic heterocycles. The van der Waals surface area contributed by atoms with Gasteiger partial charge in [-0.15, -0.1) is 0 Å². The maximum atomic E-state index is 12.4. The van der Waals surface area contributed by atoms with Crippen LogP contribution < -0.4 is 9.47 Å². The fourth-order valence-corrected chi connectivity index (χ4v) is 1.76. The van der Waals surface area contributed by atoms with Gasteiger partial charge in [0.2, 0.25) is 0 Å². The van der Waals surface area contributed by atoms with Crippen LogP contribution in [0.1, 0.15) is 18.1 Å². The third-order valence-corrected chi connectivity index (χ3v) is 2.82. The molecule has 2 nitrogen and oxygen atoms in total. The molecule has 112 valence electrons. The summed E-state index contributed by atoms with van der Waals surface area (Å²) in [6.45, 7) is 2.70. The summed E-state index contributed by atoms with van der Waals surface area (Å²) in [6.07, 6.45) is -4.31. The fraction of sp³-hybridized carbons (Fsp3) is 0.250. The van der Waals surface area contributed by atoms with Gasteiger partial charge in [-0.05, 0) is 48.9 Å². The van der Waals surface area contributed by atoms with Gasteiger partial charge >= 0.3 is 6.18 Å². The number of hydrogen-bond donors (Lipinski definition) is 0. The highest BCUT2D eigenvalue weighted by molar-refractivity contribution is 5.31. The van der Waals surface area contributed by atoms with Crippen LogP contribution in [0.4, 0.5) is 13.2 Å². The molecule has 0 amide bonds. The standard InChI is InChI=1S/C16H15F3O2/c1-2-20-14-7-9-15(10-8-14)21-11-12-3-5-13(6-4-12)16(17,18)19/h3-10H,2,11H2,1H3. The minimum Gasteiger partial charge on any atom is -0.494 e. The largest absolute Gasteiger partial charge is 0.494 e. The number of rotatable bonds is 5. The summed E-state index contributed by atoms with van der Waals surface area (Å²) in [5.74, 6) is 1.39. The Morgan fingerprint density at radius 1 is 0.810 bits per heavy atom. The van der Waals surface area contributed by atoms with Crippen molar-refractivity contribution in [2.45, 2.75) is 19.7 Å². The van der Waals surface area contributed by atoms with Crippen molar-refractivity contribution in [3.8, 4) is 11.5 Å². The van der Waals surface area contributed by atoms with Gasteiger partial charge in [-0.2, -0.15) is 13.2 Å². The lowest BCUT2D eigenvalue weighted by Crippen LogP contribution is -2.05. The highest BCUT2D eigenvalue weighted by atomic mass is 19.4. The van der Waals surface area contributed by atoms with E-state index in [9.17, 15) is 13.2 Å². The molecule has 5 heteroatoms. The van der Waals surface area contributed by atoms with Gasteiger partial charge in [-0.1, -0.05) is 12.1 Å². The Balaban J connectivity index is 1.93. The Labute approximate surface area is 121 Å². The van der Waals surface area contributed by atoms with E-state index in [0.717, 1.165) is 17.9 Å². The smallest absolute Gasteiger partial charge is 0.416 e. The third kappa shape index (κ3) is 4.41. The molecule has 0 unspecified atom stereocenters. The SMILES string of the molecule is CCOc1ccc(OCc2ccc(C(F)(F)F)cc2)cc1. The normalized spacial score (nSPS) is 11.2. The molecule has 0 radical (unpaired) electrons.